The van der Waals surface area contributed by atoms with Crippen LogP contribution in [0.15, 0.2) is 0 Å². The Morgan fingerprint density at radius 3 is 2.19 bits per heavy atom. The summed E-state index contributed by atoms with van der Waals surface area (Å²) in [6.45, 7) is 0.206. The van der Waals surface area contributed by atoms with Gasteiger partial charge in [-0.3, -0.25) is 4.52 Å². The molecule has 2 rings (SSSR count). The van der Waals surface area contributed by atoms with Gasteiger partial charge in [0, 0.05) is 25.7 Å². The third-order valence-corrected chi connectivity index (χ3v) is 4.89. The number of piperidine rings is 1. The van der Waals surface area contributed by atoms with E-state index in [2.05, 4.69) is 18.6 Å². The molecule has 6 heteroatoms. The lowest BCUT2D eigenvalue weighted by molar-refractivity contribution is -0.931. The van der Waals surface area contributed by atoms with Crippen LogP contribution in [0.5, 0.6) is 0 Å². The van der Waals surface area contributed by atoms with Crippen LogP contribution >= 0.6 is 7.82 Å². The van der Waals surface area contributed by atoms with Crippen LogP contribution in [0, 0.1) is 5.92 Å². The van der Waals surface area contributed by atoms with E-state index < -0.39 is 7.82 Å². The van der Waals surface area contributed by atoms with E-state index in [4.69, 9.17) is 9.79 Å². The Hall–Kier alpha value is 0.0700. The van der Waals surface area contributed by atoms with Crippen LogP contribution in [-0.2, 0) is 9.09 Å². The zero-order valence-corrected chi connectivity index (χ0v) is 10.8. The van der Waals surface area contributed by atoms with Crippen molar-refractivity contribution in [2.24, 2.45) is 5.92 Å². The molecule has 0 aromatic carbocycles. The van der Waals surface area contributed by atoms with Gasteiger partial charge in [-0.2, -0.15) is 0 Å². The van der Waals surface area contributed by atoms with E-state index in [9.17, 15) is 4.57 Å². The first kappa shape index (κ1) is 12.5. The molecule has 16 heavy (non-hydrogen) atoms. The van der Waals surface area contributed by atoms with Gasteiger partial charge in [0.15, 0.2) is 0 Å². The van der Waals surface area contributed by atoms with E-state index in [0.717, 1.165) is 17.3 Å². The fourth-order valence-electron chi connectivity index (χ4n) is 3.33. The first-order valence-electron chi connectivity index (χ1n) is 5.82. The van der Waals surface area contributed by atoms with Crippen molar-refractivity contribution in [3.63, 3.8) is 0 Å². The van der Waals surface area contributed by atoms with E-state index in [0.29, 0.717) is 18.0 Å². The molecular weight excluding hydrogens is 229 g/mol. The van der Waals surface area contributed by atoms with Crippen molar-refractivity contribution in [2.45, 2.75) is 37.8 Å². The van der Waals surface area contributed by atoms with Gasteiger partial charge in [-0.05, 0) is 5.92 Å². The highest BCUT2D eigenvalue weighted by atomic mass is 31.2. The Labute approximate surface area is 96.2 Å². The molecule has 5 nitrogen and oxygen atoms in total. The predicted molar refractivity (Wildman–Crippen MR) is 59.6 cm³/mol. The zero-order valence-electron chi connectivity index (χ0n) is 9.87. The van der Waals surface area contributed by atoms with Gasteiger partial charge in [-0.1, -0.05) is 0 Å². The summed E-state index contributed by atoms with van der Waals surface area (Å²) in [6, 6.07) is 1.29. The monoisotopic (exact) mass is 250 g/mol. The lowest BCUT2D eigenvalue weighted by Gasteiger charge is -2.44. The Kier molecular flexibility index (Phi) is 3.19. The number of quaternary nitrogens is 1. The molecule has 0 amide bonds. The molecule has 0 aromatic heterocycles. The van der Waals surface area contributed by atoms with Gasteiger partial charge >= 0.3 is 7.82 Å². The number of hydrogen-bond acceptors (Lipinski definition) is 2. The van der Waals surface area contributed by atoms with Crippen LogP contribution in [0.4, 0.5) is 0 Å². The second-order valence-electron chi connectivity index (χ2n) is 5.64. The number of phosphoric acid groups is 1. The van der Waals surface area contributed by atoms with E-state index >= 15 is 0 Å². The van der Waals surface area contributed by atoms with Gasteiger partial charge in [-0.25, -0.2) is 4.57 Å². The molecular formula is C10H21NO4P+. The van der Waals surface area contributed by atoms with E-state index in [1.807, 2.05) is 0 Å². The molecule has 2 bridgehead atoms. The summed E-state index contributed by atoms with van der Waals surface area (Å²) in [4.78, 5) is 17.4. The van der Waals surface area contributed by atoms with Crippen LogP contribution in [0.1, 0.15) is 25.7 Å². The minimum absolute atomic E-state index is 0.206. The van der Waals surface area contributed by atoms with Crippen molar-refractivity contribution >= 4 is 7.82 Å². The summed E-state index contributed by atoms with van der Waals surface area (Å²) in [5.41, 5.74) is 0. The fraction of sp³-hybridized carbons (Fsp3) is 1.00. The molecule has 2 saturated heterocycles. The normalized spacial score (nSPS) is 37.6. The largest absolute Gasteiger partial charge is 0.469 e. The quantitative estimate of drug-likeness (QED) is 0.581. The van der Waals surface area contributed by atoms with E-state index in [-0.39, 0.29) is 6.61 Å². The summed E-state index contributed by atoms with van der Waals surface area (Å²) >= 11 is 0. The van der Waals surface area contributed by atoms with Crippen molar-refractivity contribution in [1.82, 2.24) is 0 Å². The lowest BCUT2D eigenvalue weighted by atomic mass is 9.90. The van der Waals surface area contributed by atoms with Crippen LogP contribution in [0.25, 0.3) is 0 Å². The molecule has 2 heterocycles. The second kappa shape index (κ2) is 4.07. The molecule has 0 radical (unpaired) electrons. The van der Waals surface area contributed by atoms with Gasteiger partial charge in [0.25, 0.3) is 0 Å². The number of hydrogen-bond donors (Lipinski definition) is 2. The Morgan fingerprint density at radius 1 is 1.25 bits per heavy atom. The van der Waals surface area contributed by atoms with Crippen molar-refractivity contribution < 1.29 is 23.4 Å². The van der Waals surface area contributed by atoms with Gasteiger partial charge in [0.1, 0.15) is 0 Å². The topological polar surface area (TPSA) is 66.8 Å². The van der Waals surface area contributed by atoms with Crippen molar-refractivity contribution in [3.8, 4) is 0 Å². The first-order chi connectivity index (χ1) is 7.29. The Balaban J connectivity index is 1.91. The van der Waals surface area contributed by atoms with Crippen LogP contribution in [0.3, 0.4) is 0 Å². The Morgan fingerprint density at radius 2 is 1.75 bits per heavy atom. The number of fused-ring (bicyclic) bond motifs is 2. The maximum Gasteiger partial charge on any atom is 0.469 e. The van der Waals surface area contributed by atoms with Crippen molar-refractivity contribution in [3.05, 3.63) is 0 Å². The minimum atomic E-state index is -4.29. The maximum absolute atomic E-state index is 10.6. The highest BCUT2D eigenvalue weighted by Crippen LogP contribution is 2.44. The summed E-state index contributed by atoms with van der Waals surface area (Å²) < 4.78 is 16.3. The first-order valence-corrected chi connectivity index (χ1v) is 7.35. The summed E-state index contributed by atoms with van der Waals surface area (Å²) in [6.07, 6.45) is 4.54. The van der Waals surface area contributed by atoms with Crippen molar-refractivity contribution in [2.75, 3.05) is 20.7 Å². The van der Waals surface area contributed by atoms with Crippen LogP contribution < -0.4 is 0 Å². The highest BCUT2D eigenvalue weighted by molar-refractivity contribution is 7.46. The van der Waals surface area contributed by atoms with Gasteiger partial charge < -0.3 is 14.3 Å². The van der Waals surface area contributed by atoms with Crippen LogP contribution in [-0.4, -0.2) is 47.1 Å². The molecule has 0 aliphatic carbocycles. The average Bonchev–Trinajstić information content (AvgIpc) is 2.39. The molecule has 2 aliphatic heterocycles. The average molecular weight is 250 g/mol. The highest BCUT2D eigenvalue weighted by Gasteiger charge is 2.48. The number of rotatable bonds is 3. The SMILES string of the molecule is C[N+]1(C)C2CCC1CC(COP(=O)(O)O)C2. The van der Waals surface area contributed by atoms with E-state index in [1.165, 1.54) is 12.8 Å². The Bertz CT molecular complexity index is 298. The molecule has 2 unspecified atom stereocenters. The molecule has 2 atom stereocenters. The smallest absolute Gasteiger partial charge is 0.324 e. The molecule has 0 saturated carbocycles. The third kappa shape index (κ3) is 2.49. The maximum atomic E-state index is 10.6. The summed E-state index contributed by atoms with van der Waals surface area (Å²) in [7, 11) is 0.244. The van der Waals surface area contributed by atoms with Gasteiger partial charge in [-0.15, -0.1) is 0 Å². The molecule has 2 fully saturated rings. The molecule has 0 spiro atoms. The fourth-order valence-corrected chi connectivity index (χ4v) is 3.74. The molecule has 0 aromatic rings. The predicted octanol–water partition coefficient (Wildman–Crippen LogP) is 1.11. The summed E-state index contributed by atoms with van der Waals surface area (Å²) in [5.74, 6) is 0.316. The summed E-state index contributed by atoms with van der Waals surface area (Å²) in [5, 5.41) is 0. The number of nitrogens with zero attached hydrogens (tertiary/aromatic N) is 1. The van der Waals surface area contributed by atoms with Gasteiger partial charge in [0.2, 0.25) is 0 Å². The van der Waals surface area contributed by atoms with Crippen molar-refractivity contribution in [1.29, 1.82) is 0 Å². The van der Waals surface area contributed by atoms with E-state index in [1.54, 1.807) is 0 Å². The standard InChI is InChI=1S/C10H20NO4P/c1-11(2)9-3-4-10(11)6-8(5-9)7-15-16(12,13)14/h8-10H,3-7H2,1-2H3,(H-,12,13,14)/p+1. The minimum Gasteiger partial charge on any atom is -0.324 e. The molecule has 94 valence electrons. The number of phosphoric ester groups is 1. The second-order valence-corrected chi connectivity index (χ2v) is 6.88. The molecule has 2 aliphatic rings. The third-order valence-electron chi connectivity index (χ3n) is 4.40. The van der Waals surface area contributed by atoms with Gasteiger partial charge in [0.05, 0.1) is 32.8 Å². The zero-order chi connectivity index (χ0) is 12.0. The molecule has 2 N–H and O–H groups in total. The lowest BCUT2D eigenvalue weighted by Crippen LogP contribution is -2.54. The van der Waals surface area contributed by atoms with Crippen LogP contribution in [0.2, 0.25) is 0 Å².